The first kappa shape index (κ1) is 19.6. The predicted molar refractivity (Wildman–Crippen MR) is 124 cm³/mol. The maximum atomic E-state index is 9.44. The van der Waals surface area contributed by atoms with Crippen LogP contribution in [0.1, 0.15) is 17.5 Å². The van der Waals surface area contributed by atoms with Crippen LogP contribution in [0.15, 0.2) is 61.1 Å². The lowest BCUT2D eigenvalue weighted by Gasteiger charge is -2.29. The molecule has 0 saturated carbocycles. The molecular formula is C25H21N7. The molecule has 3 heterocycles. The number of aromatic nitrogens is 3. The normalized spacial score (nSPS) is 15.5. The molecule has 156 valence electrons. The van der Waals surface area contributed by atoms with Gasteiger partial charge in [0.1, 0.15) is 17.8 Å². The average Bonchev–Trinajstić information content (AvgIpc) is 3.53. The van der Waals surface area contributed by atoms with E-state index >= 15 is 0 Å². The minimum atomic E-state index is 0.282. The Labute approximate surface area is 186 Å². The Bertz CT molecular complexity index is 1380. The number of fused-ring (bicyclic) bond motifs is 1. The van der Waals surface area contributed by atoms with Crippen LogP contribution in [0.3, 0.4) is 0 Å². The Kier molecular flexibility index (Phi) is 4.93. The van der Waals surface area contributed by atoms with E-state index in [1.807, 2.05) is 48.7 Å². The van der Waals surface area contributed by atoms with Crippen molar-refractivity contribution < 1.29 is 0 Å². The number of nitriles is 2. The third kappa shape index (κ3) is 3.40. The first-order valence-electron chi connectivity index (χ1n) is 10.5. The van der Waals surface area contributed by atoms with E-state index in [2.05, 4.69) is 43.9 Å². The molecule has 1 fully saturated rings. The van der Waals surface area contributed by atoms with Crippen LogP contribution in [0.25, 0.3) is 22.2 Å². The minimum absolute atomic E-state index is 0.282. The van der Waals surface area contributed by atoms with Crippen molar-refractivity contribution in [1.82, 2.24) is 15.0 Å². The van der Waals surface area contributed by atoms with Crippen molar-refractivity contribution in [2.24, 2.45) is 0 Å². The molecule has 0 bridgehead atoms. The lowest BCUT2D eigenvalue weighted by atomic mass is 9.98. The zero-order valence-electron chi connectivity index (χ0n) is 17.7. The van der Waals surface area contributed by atoms with E-state index in [9.17, 15) is 10.5 Å². The monoisotopic (exact) mass is 419 g/mol. The van der Waals surface area contributed by atoms with Crippen LogP contribution in [0.2, 0.25) is 0 Å². The smallest absolute Gasteiger partial charge is 0.142 e. The maximum absolute atomic E-state index is 9.44. The maximum Gasteiger partial charge on any atom is 0.142 e. The average molecular weight is 419 g/mol. The highest BCUT2D eigenvalue weighted by Crippen LogP contribution is 2.35. The van der Waals surface area contributed by atoms with Gasteiger partial charge in [0.15, 0.2) is 0 Å². The third-order valence-corrected chi connectivity index (χ3v) is 6.15. The molecule has 0 spiro atoms. The molecule has 7 heteroatoms. The largest absolute Gasteiger partial charge is 0.369 e. The number of rotatable bonds is 4. The summed E-state index contributed by atoms with van der Waals surface area (Å²) in [5, 5.41) is 19.8. The molecule has 1 atom stereocenters. The molecule has 32 heavy (non-hydrogen) atoms. The van der Waals surface area contributed by atoms with Crippen LogP contribution in [-0.4, -0.2) is 41.1 Å². The molecule has 2 aromatic carbocycles. The van der Waals surface area contributed by atoms with Gasteiger partial charge in [-0.3, -0.25) is 0 Å². The molecule has 1 N–H and O–H groups in total. The van der Waals surface area contributed by atoms with Crippen molar-refractivity contribution >= 4 is 22.5 Å². The second-order valence-electron chi connectivity index (χ2n) is 7.97. The number of hydrogen-bond donors (Lipinski definition) is 1. The minimum Gasteiger partial charge on any atom is -0.369 e. The number of anilines is 2. The molecule has 0 aliphatic carbocycles. The molecule has 1 aliphatic heterocycles. The SMILES string of the molecule is CN(c1ccc(C#N)cc1-c1cccc(C#N)c1)[C@@H]1CCN(c2ncnc3[nH]ccc23)C1. The van der Waals surface area contributed by atoms with Gasteiger partial charge in [-0.2, -0.15) is 10.5 Å². The van der Waals surface area contributed by atoms with Gasteiger partial charge >= 0.3 is 0 Å². The highest BCUT2D eigenvalue weighted by Gasteiger charge is 2.29. The van der Waals surface area contributed by atoms with Crippen LogP contribution in [0, 0.1) is 22.7 Å². The van der Waals surface area contributed by atoms with E-state index in [1.54, 1.807) is 12.4 Å². The molecule has 0 unspecified atom stereocenters. The second kappa shape index (κ2) is 8.05. The first-order chi connectivity index (χ1) is 15.7. The Balaban J connectivity index is 1.47. The molecule has 0 amide bonds. The van der Waals surface area contributed by atoms with Gasteiger partial charge in [-0.25, -0.2) is 9.97 Å². The van der Waals surface area contributed by atoms with E-state index in [4.69, 9.17) is 0 Å². The van der Waals surface area contributed by atoms with Crippen molar-refractivity contribution in [3.8, 4) is 23.3 Å². The van der Waals surface area contributed by atoms with Gasteiger partial charge in [0.2, 0.25) is 0 Å². The van der Waals surface area contributed by atoms with Crippen LogP contribution in [0.5, 0.6) is 0 Å². The first-order valence-corrected chi connectivity index (χ1v) is 10.5. The Morgan fingerprint density at radius 3 is 2.75 bits per heavy atom. The summed E-state index contributed by atoms with van der Waals surface area (Å²) in [7, 11) is 2.10. The van der Waals surface area contributed by atoms with E-state index in [1.165, 1.54) is 0 Å². The van der Waals surface area contributed by atoms with E-state index in [-0.39, 0.29) is 6.04 Å². The predicted octanol–water partition coefficient (Wildman–Crippen LogP) is 4.08. The Hall–Kier alpha value is -4.36. The lowest BCUT2D eigenvalue weighted by molar-refractivity contribution is 0.693. The zero-order chi connectivity index (χ0) is 22.1. The topological polar surface area (TPSA) is 95.6 Å². The van der Waals surface area contributed by atoms with Gasteiger partial charge < -0.3 is 14.8 Å². The molecule has 5 rings (SSSR count). The van der Waals surface area contributed by atoms with Gasteiger partial charge in [0.05, 0.1) is 28.7 Å². The third-order valence-electron chi connectivity index (χ3n) is 6.15. The number of H-pyrrole nitrogens is 1. The van der Waals surface area contributed by atoms with Gasteiger partial charge in [0.25, 0.3) is 0 Å². The number of nitrogens with zero attached hydrogens (tertiary/aromatic N) is 6. The van der Waals surface area contributed by atoms with Crippen molar-refractivity contribution in [1.29, 1.82) is 10.5 Å². The highest BCUT2D eigenvalue weighted by molar-refractivity contribution is 5.87. The Morgan fingerprint density at radius 2 is 1.91 bits per heavy atom. The second-order valence-corrected chi connectivity index (χ2v) is 7.97. The van der Waals surface area contributed by atoms with Crippen LogP contribution in [0.4, 0.5) is 11.5 Å². The number of nitrogens with one attached hydrogen (secondary N) is 1. The quantitative estimate of drug-likeness (QED) is 0.535. The summed E-state index contributed by atoms with van der Waals surface area (Å²) in [5.74, 6) is 0.953. The fraction of sp³-hybridized carbons (Fsp3) is 0.200. The highest BCUT2D eigenvalue weighted by atomic mass is 15.3. The van der Waals surface area contributed by atoms with Crippen molar-refractivity contribution in [3.63, 3.8) is 0 Å². The number of benzene rings is 2. The van der Waals surface area contributed by atoms with Crippen LogP contribution in [-0.2, 0) is 0 Å². The summed E-state index contributed by atoms with van der Waals surface area (Å²) in [6.45, 7) is 1.74. The molecule has 2 aromatic heterocycles. The van der Waals surface area contributed by atoms with E-state index in [0.717, 1.165) is 53.2 Å². The van der Waals surface area contributed by atoms with Crippen LogP contribution >= 0.6 is 0 Å². The fourth-order valence-electron chi connectivity index (χ4n) is 4.46. The van der Waals surface area contributed by atoms with Gasteiger partial charge in [-0.15, -0.1) is 0 Å². The number of hydrogen-bond acceptors (Lipinski definition) is 6. The van der Waals surface area contributed by atoms with Gasteiger partial charge in [-0.05, 0) is 48.4 Å². The summed E-state index contributed by atoms with van der Waals surface area (Å²) in [6.07, 6.45) is 4.48. The summed E-state index contributed by atoms with van der Waals surface area (Å²) in [4.78, 5) is 16.6. The fourth-order valence-corrected chi connectivity index (χ4v) is 4.46. The zero-order valence-corrected chi connectivity index (χ0v) is 17.7. The molecule has 7 nitrogen and oxygen atoms in total. The number of aromatic amines is 1. The summed E-state index contributed by atoms with van der Waals surface area (Å²) >= 11 is 0. The number of likely N-dealkylation sites (N-methyl/N-ethyl adjacent to an activating group) is 1. The molecule has 1 saturated heterocycles. The Morgan fingerprint density at radius 1 is 1.06 bits per heavy atom. The van der Waals surface area contributed by atoms with Crippen LogP contribution < -0.4 is 9.80 Å². The van der Waals surface area contributed by atoms with Crippen molar-refractivity contribution in [3.05, 3.63) is 72.2 Å². The standard InChI is InChI=1S/C25H21N7/c1-31(20-8-10-32(15-20)25-21-7-9-28-24(21)29-16-30-25)23-6-5-18(14-27)12-22(23)19-4-2-3-17(11-19)13-26/h2-7,9,11-12,16,20H,8,10,15H2,1H3,(H,28,29,30)/t20-/m1/s1. The van der Waals surface area contributed by atoms with Gasteiger partial charge in [0, 0.05) is 43.6 Å². The van der Waals surface area contributed by atoms with E-state index in [0.29, 0.717) is 11.1 Å². The van der Waals surface area contributed by atoms with E-state index < -0.39 is 0 Å². The molecule has 1 aliphatic rings. The molecular weight excluding hydrogens is 398 g/mol. The summed E-state index contributed by atoms with van der Waals surface area (Å²) in [6, 6.07) is 20.0. The summed E-state index contributed by atoms with van der Waals surface area (Å²) < 4.78 is 0. The molecule has 0 radical (unpaired) electrons. The lowest BCUT2D eigenvalue weighted by Crippen LogP contribution is -2.35. The molecule has 4 aromatic rings. The summed E-state index contributed by atoms with van der Waals surface area (Å²) in [5.41, 5.74) is 4.98. The van der Waals surface area contributed by atoms with Gasteiger partial charge in [-0.1, -0.05) is 12.1 Å². The van der Waals surface area contributed by atoms with Crippen molar-refractivity contribution in [2.45, 2.75) is 12.5 Å². The van der Waals surface area contributed by atoms with Crippen molar-refractivity contribution in [2.75, 3.05) is 29.9 Å².